The van der Waals surface area contributed by atoms with Gasteiger partial charge in [0.05, 0.1) is 40.6 Å². The van der Waals surface area contributed by atoms with Gasteiger partial charge in [-0.15, -0.1) is 11.8 Å². The van der Waals surface area contributed by atoms with E-state index in [1.54, 1.807) is 73.5 Å². The summed E-state index contributed by atoms with van der Waals surface area (Å²) in [6.45, 7) is 5.34. The number of esters is 2. The standard InChI is InChI=1S/C31H28N2O6S2/c1-17(2)38-30(36)26-18(3)32-31-33(27(26)19-9-12-23(40-5)13-10-19)28(34)25(41-31)16-22-11-14-24(39-22)20-7-6-8-21(15-20)29(35)37-4/h6-17,27H,1-5H3/b25-16-/t27-/m0/s1. The molecule has 210 valence electrons. The Labute approximate surface area is 244 Å². The molecule has 3 heterocycles. The highest BCUT2D eigenvalue weighted by Gasteiger charge is 2.33. The smallest absolute Gasteiger partial charge is 0.338 e. The van der Waals surface area contributed by atoms with Gasteiger partial charge in [0, 0.05) is 16.5 Å². The highest BCUT2D eigenvalue weighted by molar-refractivity contribution is 7.98. The van der Waals surface area contributed by atoms with Crippen molar-refractivity contribution in [1.82, 2.24) is 4.57 Å². The van der Waals surface area contributed by atoms with Crippen LogP contribution in [-0.2, 0) is 14.3 Å². The molecule has 1 atom stereocenters. The van der Waals surface area contributed by atoms with Crippen molar-refractivity contribution in [1.29, 1.82) is 0 Å². The monoisotopic (exact) mass is 588 g/mol. The first-order chi connectivity index (χ1) is 19.7. The predicted octanol–water partition coefficient (Wildman–Crippen LogP) is 4.96. The van der Waals surface area contributed by atoms with Crippen molar-refractivity contribution in [2.24, 2.45) is 4.99 Å². The van der Waals surface area contributed by atoms with E-state index in [1.165, 1.54) is 18.4 Å². The number of benzene rings is 2. The summed E-state index contributed by atoms with van der Waals surface area (Å²) in [6.07, 6.45) is 3.33. The van der Waals surface area contributed by atoms with Gasteiger partial charge in [-0.1, -0.05) is 35.6 Å². The molecular formula is C31H28N2O6S2. The van der Waals surface area contributed by atoms with Crippen LogP contribution in [0.3, 0.4) is 0 Å². The zero-order chi connectivity index (χ0) is 29.3. The molecule has 0 unspecified atom stereocenters. The lowest BCUT2D eigenvalue weighted by Crippen LogP contribution is -2.40. The summed E-state index contributed by atoms with van der Waals surface area (Å²) >= 11 is 2.84. The van der Waals surface area contributed by atoms with Crippen LogP contribution in [0.5, 0.6) is 0 Å². The second kappa shape index (κ2) is 11.8. The Morgan fingerprint density at radius 3 is 2.54 bits per heavy atom. The van der Waals surface area contributed by atoms with Crippen LogP contribution in [0.15, 0.2) is 91.0 Å². The summed E-state index contributed by atoms with van der Waals surface area (Å²) in [5.41, 5.74) is 2.44. The van der Waals surface area contributed by atoms with Gasteiger partial charge in [0.15, 0.2) is 4.80 Å². The largest absolute Gasteiger partial charge is 0.465 e. The number of carbonyl (C=O) groups excluding carboxylic acids is 2. The molecule has 0 saturated heterocycles. The minimum Gasteiger partial charge on any atom is -0.465 e. The average Bonchev–Trinajstić information content (AvgIpc) is 3.55. The summed E-state index contributed by atoms with van der Waals surface area (Å²) in [5, 5.41) is 0. The van der Waals surface area contributed by atoms with Gasteiger partial charge in [0.2, 0.25) is 0 Å². The van der Waals surface area contributed by atoms with Gasteiger partial charge in [-0.2, -0.15) is 0 Å². The van der Waals surface area contributed by atoms with E-state index in [0.29, 0.717) is 43.3 Å². The second-order valence-corrected chi connectivity index (χ2v) is 11.5. The van der Waals surface area contributed by atoms with Gasteiger partial charge in [0.1, 0.15) is 11.5 Å². The lowest BCUT2D eigenvalue weighted by atomic mass is 9.96. The minimum absolute atomic E-state index is 0.291. The number of methoxy groups -OCH3 is 1. The van der Waals surface area contributed by atoms with E-state index in [0.717, 1.165) is 10.5 Å². The maximum Gasteiger partial charge on any atom is 0.338 e. The lowest BCUT2D eigenvalue weighted by molar-refractivity contribution is -0.143. The number of ether oxygens (including phenoxy) is 2. The number of hydrogen-bond acceptors (Lipinski definition) is 9. The molecule has 0 bridgehead atoms. The van der Waals surface area contributed by atoms with Crippen molar-refractivity contribution in [3.63, 3.8) is 0 Å². The quantitative estimate of drug-likeness (QED) is 0.222. The fraction of sp³-hybridized carbons (Fsp3) is 0.226. The molecule has 0 aliphatic carbocycles. The van der Waals surface area contributed by atoms with E-state index in [1.807, 2.05) is 36.6 Å². The van der Waals surface area contributed by atoms with E-state index >= 15 is 0 Å². The van der Waals surface area contributed by atoms with Gasteiger partial charge < -0.3 is 13.9 Å². The topological polar surface area (TPSA) is 100 Å². The summed E-state index contributed by atoms with van der Waals surface area (Å²) in [5.74, 6) is 0.0597. The van der Waals surface area contributed by atoms with Crippen LogP contribution in [0, 0.1) is 0 Å². The van der Waals surface area contributed by atoms with Crippen LogP contribution in [-0.4, -0.2) is 36.0 Å². The van der Waals surface area contributed by atoms with Gasteiger partial charge in [-0.25, -0.2) is 14.6 Å². The van der Waals surface area contributed by atoms with Crippen LogP contribution in [0.1, 0.15) is 48.5 Å². The average molecular weight is 589 g/mol. The molecule has 0 amide bonds. The summed E-state index contributed by atoms with van der Waals surface area (Å²) in [4.78, 5) is 45.3. The Kier molecular flexibility index (Phi) is 8.14. The van der Waals surface area contributed by atoms with Crippen LogP contribution in [0.2, 0.25) is 0 Å². The number of thiazole rings is 1. The first-order valence-corrected chi connectivity index (χ1v) is 14.9. The van der Waals surface area contributed by atoms with E-state index < -0.39 is 18.0 Å². The first-order valence-electron chi connectivity index (χ1n) is 12.9. The number of rotatable bonds is 7. The normalized spacial score (nSPS) is 15.1. The molecule has 2 aromatic carbocycles. The molecule has 1 aliphatic heterocycles. The number of allylic oxidation sites excluding steroid dienone is 1. The van der Waals surface area contributed by atoms with Crippen LogP contribution in [0.4, 0.5) is 0 Å². The molecule has 41 heavy (non-hydrogen) atoms. The van der Waals surface area contributed by atoms with Crippen LogP contribution in [0.25, 0.3) is 17.4 Å². The molecule has 4 aromatic rings. The molecule has 5 rings (SSSR count). The zero-order valence-corrected chi connectivity index (χ0v) is 24.8. The predicted molar refractivity (Wildman–Crippen MR) is 159 cm³/mol. The fourth-order valence-electron chi connectivity index (χ4n) is 4.59. The Hall–Kier alpha value is -4.15. The van der Waals surface area contributed by atoms with Crippen LogP contribution >= 0.6 is 23.1 Å². The van der Waals surface area contributed by atoms with Crippen molar-refractivity contribution in [2.75, 3.05) is 13.4 Å². The molecule has 0 fully saturated rings. The van der Waals surface area contributed by atoms with Crippen molar-refractivity contribution in [2.45, 2.75) is 37.8 Å². The molecule has 2 aromatic heterocycles. The fourth-order valence-corrected chi connectivity index (χ4v) is 6.03. The van der Waals surface area contributed by atoms with E-state index in [9.17, 15) is 14.4 Å². The lowest BCUT2D eigenvalue weighted by Gasteiger charge is -2.25. The molecule has 0 N–H and O–H groups in total. The van der Waals surface area contributed by atoms with Gasteiger partial charge in [-0.3, -0.25) is 9.36 Å². The van der Waals surface area contributed by atoms with Crippen molar-refractivity contribution in [3.8, 4) is 11.3 Å². The third-order valence-corrected chi connectivity index (χ3v) is 8.21. The summed E-state index contributed by atoms with van der Waals surface area (Å²) in [6, 6.07) is 17.6. The molecule has 10 heteroatoms. The molecular weight excluding hydrogens is 560 g/mol. The summed E-state index contributed by atoms with van der Waals surface area (Å²) < 4.78 is 18.4. The Bertz CT molecular complexity index is 1840. The number of aromatic nitrogens is 1. The van der Waals surface area contributed by atoms with Crippen molar-refractivity contribution < 1.29 is 23.5 Å². The van der Waals surface area contributed by atoms with Gasteiger partial charge >= 0.3 is 11.9 Å². The minimum atomic E-state index is -0.691. The van der Waals surface area contributed by atoms with Crippen LogP contribution < -0.4 is 14.9 Å². The number of hydrogen-bond donors (Lipinski definition) is 0. The van der Waals surface area contributed by atoms with E-state index in [4.69, 9.17) is 13.9 Å². The Balaban J connectivity index is 1.59. The molecule has 8 nitrogen and oxygen atoms in total. The number of thioether (sulfide) groups is 1. The number of fused-ring (bicyclic) bond motifs is 1. The molecule has 0 radical (unpaired) electrons. The first kappa shape index (κ1) is 28.4. The van der Waals surface area contributed by atoms with Crippen molar-refractivity contribution in [3.05, 3.63) is 109 Å². The van der Waals surface area contributed by atoms with Gasteiger partial charge in [-0.05, 0) is 69.0 Å². The third kappa shape index (κ3) is 5.71. The number of nitrogens with zero attached hydrogens (tertiary/aromatic N) is 2. The molecule has 0 saturated carbocycles. The number of carbonyl (C=O) groups is 2. The van der Waals surface area contributed by atoms with E-state index in [-0.39, 0.29) is 11.7 Å². The molecule has 1 aliphatic rings. The highest BCUT2D eigenvalue weighted by Crippen LogP contribution is 2.32. The van der Waals surface area contributed by atoms with Crippen molar-refractivity contribution >= 4 is 41.1 Å². The Morgan fingerprint density at radius 1 is 1.10 bits per heavy atom. The maximum absolute atomic E-state index is 13.9. The second-order valence-electron chi connectivity index (χ2n) is 9.58. The zero-order valence-electron chi connectivity index (χ0n) is 23.2. The molecule has 0 spiro atoms. The summed E-state index contributed by atoms with van der Waals surface area (Å²) in [7, 11) is 1.33. The van der Waals surface area contributed by atoms with E-state index in [2.05, 4.69) is 4.99 Å². The maximum atomic E-state index is 13.9. The highest BCUT2D eigenvalue weighted by atomic mass is 32.2. The third-order valence-electron chi connectivity index (χ3n) is 6.48. The SMILES string of the molecule is COC(=O)c1cccc(-c2ccc(/C=c3\sc4n(c3=O)[C@@H](c3ccc(SC)cc3)C(C(=O)OC(C)C)=C(C)N=4)o2)c1. The number of furan rings is 1. The Morgan fingerprint density at radius 2 is 1.85 bits per heavy atom. The van der Waals surface area contributed by atoms with Gasteiger partial charge in [0.25, 0.3) is 5.56 Å².